The summed E-state index contributed by atoms with van der Waals surface area (Å²) in [6, 6.07) is 7.82. The van der Waals surface area contributed by atoms with Gasteiger partial charge in [-0.05, 0) is 56.9 Å². The molecule has 1 amide bonds. The van der Waals surface area contributed by atoms with Gasteiger partial charge >= 0.3 is 0 Å². The van der Waals surface area contributed by atoms with Crippen LogP contribution in [0.15, 0.2) is 34.9 Å². The monoisotopic (exact) mass is 412 g/mol. The minimum atomic E-state index is -0.330. The number of amides is 1. The Morgan fingerprint density at radius 1 is 1.42 bits per heavy atom. The lowest BCUT2D eigenvalue weighted by Gasteiger charge is -2.29. The topological polar surface area (TPSA) is 72.9 Å². The fraction of sp³-hybridized carbons (Fsp3) is 0.412. The Balaban J connectivity index is 0.00000208. The minimum Gasteiger partial charge on any atom is -0.345 e. The Hall–Kier alpha value is -1.37. The first-order valence-corrected chi connectivity index (χ1v) is 8.57. The molecule has 0 aliphatic heterocycles. The molecule has 1 heterocycles. The third kappa shape index (κ3) is 3.66. The molecule has 24 heavy (non-hydrogen) atoms. The number of carbonyl (C=O) groups excluding carboxylic acids is 1. The summed E-state index contributed by atoms with van der Waals surface area (Å²) in [4.78, 5) is 12.6. The summed E-state index contributed by atoms with van der Waals surface area (Å²) in [6.45, 7) is 4.38. The molecule has 1 atom stereocenters. The maximum absolute atomic E-state index is 12.6. The molecule has 130 valence electrons. The molecule has 2 aromatic rings. The highest BCUT2D eigenvalue weighted by atomic mass is 79.9. The van der Waals surface area contributed by atoms with Crippen LogP contribution in [0, 0.1) is 12.8 Å². The molecule has 3 rings (SSSR count). The van der Waals surface area contributed by atoms with Crippen LogP contribution in [-0.2, 0) is 0 Å². The zero-order chi connectivity index (χ0) is 16.6. The van der Waals surface area contributed by atoms with Crippen LogP contribution in [0.25, 0.3) is 5.69 Å². The molecule has 3 N–H and O–H groups in total. The van der Waals surface area contributed by atoms with Gasteiger partial charge in [0.2, 0.25) is 0 Å². The highest BCUT2D eigenvalue weighted by Crippen LogP contribution is 2.39. The van der Waals surface area contributed by atoms with Crippen molar-refractivity contribution in [2.75, 3.05) is 6.54 Å². The predicted octanol–water partition coefficient (Wildman–Crippen LogP) is 3.22. The number of rotatable bonds is 5. The first-order chi connectivity index (χ1) is 10.9. The summed E-state index contributed by atoms with van der Waals surface area (Å²) in [7, 11) is 0. The summed E-state index contributed by atoms with van der Waals surface area (Å²) in [5, 5.41) is 7.47. The zero-order valence-electron chi connectivity index (χ0n) is 13.8. The van der Waals surface area contributed by atoms with Crippen LogP contribution in [0.1, 0.15) is 35.8 Å². The highest BCUT2D eigenvalue weighted by molar-refractivity contribution is 9.10. The van der Waals surface area contributed by atoms with E-state index in [1.807, 2.05) is 38.1 Å². The lowest BCUT2D eigenvalue weighted by atomic mass is 9.95. The van der Waals surface area contributed by atoms with E-state index in [4.69, 9.17) is 5.73 Å². The summed E-state index contributed by atoms with van der Waals surface area (Å²) >= 11 is 3.42. The molecule has 1 aliphatic carbocycles. The van der Waals surface area contributed by atoms with Crippen molar-refractivity contribution in [3.05, 3.63) is 46.2 Å². The van der Waals surface area contributed by atoms with Crippen molar-refractivity contribution in [1.29, 1.82) is 0 Å². The Labute approximate surface area is 156 Å². The third-order valence-electron chi connectivity index (χ3n) is 4.63. The number of nitrogens with zero attached hydrogens (tertiary/aromatic N) is 2. The fourth-order valence-corrected chi connectivity index (χ4v) is 3.11. The summed E-state index contributed by atoms with van der Waals surface area (Å²) in [5.41, 5.74) is 7.89. The molecule has 0 spiro atoms. The first-order valence-electron chi connectivity index (χ1n) is 7.78. The van der Waals surface area contributed by atoms with Crippen molar-refractivity contribution in [2.45, 2.75) is 32.2 Å². The summed E-state index contributed by atoms with van der Waals surface area (Å²) in [5.74, 6) is 0.379. The second-order valence-electron chi connectivity index (χ2n) is 6.38. The van der Waals surface area contributed by atoms with Gasteiger partial charge in [-0.3, -0.25) is 4.79 Å². The molecule has 1 aromatic carbocycles. The summed E-state index contributed by atoms with van der Waals surface area (Å²) < 4.78 is 2.78. The molecule has 5 nitrogen and oxygen atoms in total. The Morgan fingerprint density at radius 2 is 2.04 bits per heavy atom. The zero-order valence-corrected chi connectivity index (χ0v) is 16.2. The van der Waals surface area contributed by atoms with E-state index >= 15 is 0 Å². The molecule has 1 fully saturated rings. The second kappa shape index (κ2) is 7.25. The van der Waals surface area contributed by atoms with Crippen LogP contribution < -0.4 is 11.1 Å². The van der Waals surface area contributed by atoms with Crippen molar-refractivity contribution in [1.82, 2.24) is 15.1 Å². The SMILES string of the molecule is Cc1c(C(=O)NC(C)(CN)C2CC2)cnn1-c1ccc(Br)cc1.Cl. The standard InChI is InChI=1S/C17H21BrN4O.ClH/c1-11-15(16(23)21-17(2,10-19)12-3-4-12)9-20-22(11)14-7-5-13(18)6-8-14;/h5-9,12H,3-4,10,19H2,1-2H3,(H,21,23);1H. The third-order valence-corrected chi connectivity index (χ3v) is 5.16. The van der Waals surface area contributed by atoms with Gasteiger partial charge in [-0.15, -0.1) is 12.4 Å². The van der Waals surface area contributed by atoms with E-state index in [-0.39, 0.29) is 23.9 Å². The maximum Gasteiger partial charge on any atom is 0.255 e. The normalized spacial score (nSPS) is 16.2. The van der Waals surface area contributed by atoms with E-state index in [0.29, 0.717) is 18.0 Å². The molecule has 0 saturated heterocycles. The Bertz CT molecular complexity index is 727. The maximum atomic E-state index is 12.6. The Morgan fingerprint density at radius 3 is 2.58 bits per heavy atom. The molecule has 1 aromatic heterocycles. The number of nitrogens with two attached hydrogens (primary N) is 1. The molecule has 1 unspecified atom stereocenters. The number of benzene rings is 1. The van der Waals surface area contributed by atoms with Gasteiger partial charge in [0.05, 0.1) is 28.7 Å². The Kier molecular flexibility index (Phi) is 5.73. The smallest absolute Gasteiger partial charge is 0.255 e. The summed E-state index contributed by atoms with van der Waals surface area (Å²) in [6.07, 6.45) is 3.88. The average Bonchev–Trinajstić information content (AvgIpc) is 3.32. The molecule has 0 radical (unpaired) electrons. The van der Waals surface area contributed by atoms with E-state index in [0.717, 1.165) is 28.7 Å². The minimum absolute atomic E-state index is 0. The van der Waals surface area contributed by atoms with Crippen LogP contribution in [0.5, 0.6) is 0 Å². The van der Waals surface area contributed by atoms with Crippen molar-refractivity contribution in [2.24, 2.45) is 11.7 Å². The van der Waals surface area contributed by atoms with Crippen LogP contribution in [0.2, 0.25) is 0 Å². The van der Waals surface area contributed by atoms with Gasteiger partial charge in [-0.1, -0.05) is 15.9 Å². The van der Waals surface area contributed by atoms with Crippen molar-refractivity contribution in [3.8, 4) is 5.69 Å². The van der Waals surface area contributed by atoms with Gasteiger partial charge in [0.1, 0.15) is 0 Å². The average molecular weight is 414 g/mol. The van der Waals surface area contributed by atoms with Crippen LogP contribution in [0.3, 0.4) is 0 Å². The number of halogens is 2. The van der Waals surface area contributed by atoms with E-state index < -0.39 is 0 Å². The lowest BCUT2D eigenvalue weighted by Crippen LogP contribution is -2.53. The van der Waals surface area contributed by atoms with E-state index in [2.05, 4.69) is 26.3 Å². The van der Waals surface area contributed by atoms with Crippen LogP contribution >= 0.6 is 28.3 Å². The van der Waals surface area contributed by atoms with Gasteiger partial charge in [-0.2, -0.15) is 5.10 Å². The van der Waals surface area contributed by atoms with E-state index in [1.54, 1.807) is 10.9 Å². The van der Waals surface area contributed by atoms with Crippen molar-refractivity contribution in [3.63, 3.8) is 0 Å². The molecular formula is C17H22BrClN4O. The molecule has 1 saturated carbocycles. The van der Waals surface area contributed by atoms with Gasteiger partial charge in [0, 0.05) is 11.0 Å². The van der Waals surface area contributed by atoms with Crippen LogP contribution in [0.4, 0.5) is 0 Å². The lowest BCUT2D eigenvalue weighted by molar-refractivity contribution is 0.0897. The highest BCUT2D eigenvalue weighted by Gasteiger charge is 2.41. The van der Waals surface area contributed by atoms with Crippen molar-refractivity contribution >= 4 is 34.2 Å². The number of hydrogen-bond acceptors (Lipinski definition) is 3. The van der Waals surface area contributed by atoms with E-state index in [9.17, 15) is 4.79 Å². The van der Waals surface area contributed by atoms with Gasteiger partial charge < -0.3 is 11.1 Å². The van der Waals surface area contributed by atoms with Crippen molar-refractivity contribution < 1.29 is 4.79 Å². The largest absolute Gasteiger partial charge is 0.345 e. The molecule has 1 aliphatic rings. The molecular weight excluding hydrogens is 392 g/mol. The van der Waals surface area contributed by atoms with Gasteiger partial charge in [0.25, 0.3) is 5.91 Å². The van der Waals surface area contributed by atoms with Gasteiger partial charge in [-0.25, -0.2) is 4.68 Å². The number of carbonyl (C=O) groups is 1. The fourth-order valence-electron chi connectivity index (χ4n) is 2.84. The quantitative estimate of drug-likeness (QED) is 0.790. The van der Waals surface area contributed by atoms with E-state index in [1.165, 1.54) is 0 Å². The molecule has 0 bridgehead atoms. The first kappa shape index (κ1) is 19.0. The number of hydrogen-bond donors (Lipinski definition) is 2. The predicted molar refractivity (Wildman–Crippen MR) is 101 cm³/mol. The van der Waals surface area contributed by atoms with Gasteiger partial charge in [0.15, 0.2) is 0 Å². The molecule has 7 heteroatoms. The van der Waals surface area contributed by atoms with Crippen LogP contribution in [-0.4, -0.2) is 27.8 Å². The number of nitrogens with one attached hydrogen (secondary N) is 1. The number of aromatic nitrogens is 2. The second-order valence-corrected chi connectivity index (χ2v) is 7.30.